The van der Waals surface area contributed by atoms with Crippen molar-refractivity contribution >= 4 is 17.9 Å². The van der Waals surface area contributed by atoms with Gasteiger partial charge in [0.2, 0.25) is 5.75 Å². The standard InChI is InChI=1S/C23H22N2O5/c1-28-20-12-17(14-24-25-19-10-8-18(9-11-19)23(26)27)13-21(29-2)22(20)30-15-16-6-4-3-5-7-16/h3-14,25H,15H2,1-2H3,(H,26,27). The van der Waals surface area contributed by atoms with Gasteiger partial charge in [-0.05, 0) is 42.0 Å². The van der Waals surface area contributed by atoms with E-state index in [-0.39, 0.29) is 5.56 Å². The second-order valence-corrected chi connectivity index (χ2v) is 6.28. The first-order valence-corrected chi connectivity index (χ1v) is 9.16. The van der Waals surface area contributed by atoms with Gasteiger partial charge in [-0.1, -0.05) is 30.3 Å². The van der Waals surface area contributed by atoms with E-state index in [0.717, 1.165) is 11.1 Å². The second-order valence-electron chi connectivity index (χ2n) is 6.28. The summed E-state index contributed by atoms with van der Waals surface area (Å²) in [5.41, 5.74) is 5.51. The number of anilines is 1. The highest BCUT2D eigenvalue weighted by Crippen LogP contribution is 2.38. The molecule has 0 saturated heterocycles. The van der Waals surface area contributed by atoms with Crippen LogP contribution in [-0.4, -0.2) is 31.5 Å². The van der Waals surface area contributed by atoms with Crippen molar-refractivity contribution in [3.63, 3.8) is 0 Å². The SMILES string of the molecule is COc1cc(C=NNc2ccc(C(=O)O)cc2)cc(OC)c1OCc1ccccc1. The van der Waals surface area contributed by atoms with Gasteiger partial charge >= 0.3 is 5.97 Å². The van der Waals surface area contributed by atoms with E-state index in [9.17, 15) is 4.79 Å². The lowest BCUT2D eigenvalue weighted by atomic mass is 10.2. The predicted octanol–water partition coefficient (Wildman–Crippen LogP) is 4.43. The molecule has 0 aliphatic heterocycles. The van der Waals surface area contributed by atoms with Gasteiger partial charge in [0.25, 0.3) is 0 Å². The Bertz CT molecular complexity index is 993. The predicted molar refractivity (Wildman–Crippen MR) is 115 cm³/mol. The fourth-order valence-electron chi connectivity index (χ4n) is 2.72. The van der Waals surface area contributed by atoms with Gasteiger partial charge in [0.15, 0.2) is 11.5 Å². The average Bonchev–Trinajstić information content (AvgIpc) is 2.78. The normalized spacial score (nSPS) is 10.6. The number of aromatic carboxylic acids is 1. The lowest BCUT2D eigenvalue weighted by Crippen LogP contribution is -2.01. The molecule has 30 heavy (non-hydrogen) atoms. The first kappa shape index (κ1) is 20.7. The van der Waals surface area contributed by atoms with Crippen LogP contribution in [0.1, 0.15) is 21.5 Å². The largest absolute Gasteiger partial charge is 0.493 e. The van der Waals surface area contributed by atoms with Gasteiger partial charge < -0.3 is 19.3 Å². The van der Waals surface area contributed by atoms with Crippen LogP contribution >= 0.6 is 0 Å². The van der Waals surface area contributed by atoms with Gasteiger partial charge in [-0.3, -0.25) is 5.43 Å². The summed E-state index contributed by atoms with van der Waals surface area (Å²) in [6.07, 6.45) is 1.61. The molecule has 7 nitrogen and oxygen atoms in total. The number of nitrogens with one attached hydrogen (secondary N) is 1. The molecule has 0 aromatic heterocycles. The zero-order valence-electron chi connectivity index (χ0n) is 16.7. The molecule has 0 unspecified atom stereocenters. The van der Waals surface area contributed by atoms with Crippen LogP contribution in [0.2, 0.25) is 0 Å². The molecule has 0 spiro atoms. The molecular weight excluding hydrogens is 384 g/mol. The highest BCUT2D eigenvalue weighted by Gasteiger charge is 2.14. The summed E-state index contributed by atoms with van der Waals surface area (Å²) in [5.74, 6) is 0.590. The van der Waals surface area contributed by atoms with Crippen molar-refractivity contribution in [1.82, 2.24) is 0 Å². The van der Waals surface area contributed by atoms with Crippen LogP contribution in [0, 0.1) is 0 Å². The zero-order valence-corrected chi connectivity index (χ0v) is 16.7. The minimum atomic E-state index is -0.973. The Hall–Kier alpha value is -4.00. The first-order chi connectivity index (χ1) is 14.6. The van der Waals surface area contributed by atoms with Gasteiger partial charge in [0.1, 0.15) is 6.61 Å². The van der Waals surface area contributed by atoms with Crippen molar-refractivity contribution in [3.05, 3.63) is 83.4 Å². The maximum absolute atomic E-state index is 10.9. The van der Waals surface area contributed by atoms with E-state index >= 15 is 0 Å². The number of hydrazone groups is 1. The lowest BCUT2D eigenvalue weighted by molar-refractivity contribution is 0.0697. The number of nitrogens with zero attached hydrogens (tertiary/aromatic N) is 1. The Labute approximate surface area is 174 Å². The van der Waals surface area contributed by atoms with Crippen LogP contribution in [0.4, 0.5) is 5.69 Å². The molecule has 0 saturated carbocycles. The third-order valence-corrected chi connectivity index (χ3v) is 4.25. The number of ether oxygens (including phenoxy) is 3. The molecule has 2 N–H and O–H groups in total. The Kier molecular flexibility index (Phi) is 6.89. The Morgan fingerprint density at radius 3 is 2.20 bits per heavy atom. The number of methoxy groups -OCH3 is 2. The van der Waals surface area contributed by atoms with Crippen LogP contribution in [0.15, 0.2) is 71.8 Å². The molecule has 0 amide bonds. The van der Waals surface area contributed by atoms with Crippen LogP contribution in [0.25, 0.3) is 0 Å². The monoisotopic (exact) mass is 406 g/mol. The summed E-state index contributed by atoms with van der Waals surface area (Å²) < 4.78 is 16.9. The van der Waals surface area contributed by atoms with E-state index in [2.05, 4.69) is 10.5 Å². The molecule has 154 valence electrons. The van der Waals surface area contributed by atoms with Crippen molar-refractivity contribution in [2.45, 2.75) is 6.61 Å². The molecule has 0 aliphatic carbocycles. The Morgan fingerprint density at radius 2 is 1.63 bits per heavy atom. The lowest BCUT2D eigenvalue weighted by Gasteiger charge is -2.15. The fraction of sp³-hybridized carbons (Fsp3) is 0.130. The first-order valence-electron chi connectivity index (χ1n) is 9.16. The molecule has 0 bridgehead atoms. The molecule has 7 heteroatoms. The van der Waals surface area contributed by atoms with Gasteiger partial charge in [0.05, 0.1) is 31.7 Å². The number of benzene rings is 3. The van der Waals surface area contributed by atoms with Gasteiger partial charge in [-0.2, -0.15) is 5.10 Å². The number of carboxylic acids is 1. The van der Waals surface area contributed by atoms with Gasteiger partial charge in [-0.15, -0.1) is 0 Å². The van der Waals surface area contributed by atoms with Gasteiger partial charge in [0, 0.05) is 5.56 Å². The summed E-state index contributed by atoms with van der Waals surface area (Å²) in [6.45, 7) is 0.384. The summed E-state index contributed by atoms with van der Waals surface area (Å²) in [5, 5.41) is 13.1. The van der Waals surface area contributed by atoms with Crippen LogP contribution < -0.4 is 19.6 Å². The smallest absolute Gasteiger partial charge is 0.335 e. The number of carbonyl (C=O) groups is 1. The van der Waals surface area contributed by atoms with Crippen molar-refractivity contribution in [1.29, 1.82) is 0 Å². The molecule has 0 heterocycles. The zero-order chi connectivity index (χ0) is 21.3. The number of rotatable bonds is 9. The van der Waals surface area contributed by atoms with Crippen molar-refractivity contribution in [2.75, 3.05) is 19.6 Å². The van der Waals surface area contributed by atoms with E-state index in [0.29, 0.717) is 29.5 Å². The van der Waals surface area contributed by atoms with Crippen LogP contribution in [0.3, 0.4) is 0 Å². The van der Waals surface area contributed by atoms with E-state index < -0.39 is 5.97 Å². The molecule has 3 aromatic carbocycles. The fourth-order valence-corrected chi connectivity index (χ4v) is 2.72. The van der Waals surface area contributed by atoms with Crippen molar-refractivity contribution in [2.24, 2.45) is 5.10 Å². The topological polar surface area (TPSA) is 89.4 Å². The molecule has 0 atom stereocenters. The van der Waals surface area contributed by atoms with Gasteiger partial charge in [-0.25, -0.2) is 4.79 Å². The second kappa shape index (κ2) is 9.97. The third-order valence-electron chi connectivity index (χ3n) is 4.25. The highest BCUT2D eigenvalue weighted by atomic mass is 16.5. The Morgan fingerprint density at radius 1 is 1.00 bits per heavy atom. The maximum Gasteiger partial charge on any atom is 0.335 e. The highest BCUT2D eigenvalue weighted by molar-refractivity contribution is 5.88. The minimum absolute atomic E-state index is 0.213. The van der Waals surface area contributed by atoms with Crippen molar-refractivity contribution in [3.8, 4) is 17.2 Å². The number of hydrogen-bond acceptors (Lipinski definition) is 6. The van der Waals surface area contributed by atoms with Crippen LogP contribution in [-0.2, 0) is 6.61 Å². The summed E-state index contributed by atoms with van der Waals surface area (Å²) in [4.78, 5) is 10.9. The average molecular weight is 406 g/mol. The molecular formula is C23H22N2O5. The molecule has 0 radical (unpaired) electrons. The summed E-state index contributed by atoms with van der Waals surface area (Å²) in [6, 6.07) is 19.7. The summed E-state index contributed by atoms with van der Waals surface area (Å²) >= 11 is 0. The molecule has 0 fully saturated rings. The third kappa shape index (κ3) is 5.29. The molecule has 3 rings (SSSR count). The quantitative estimate of drug-likeness (QED) is 0.404. The number of hydrogen-bond donors (Lipinski definition) is 2. The number of carboxylic acid groups (broad SMARTS) is 1. The van der Waals surface area contributed by atoms with Crippen molar-refractivity contribution < 1.29 is 24.1 Å². The minimum Gasteiger partial charge on any atom is -0.493 e. The Balaban J connectivity index is 1.73. The van der Waals surface area contributed by atoms with E-state index in [1.807, 2.05) is 30.3 Å². The van der Waals surface area contributed by atoms with Crippen LogP contribution in [0.5, 0.6) is 17.2 Å². The molecule has 0 aliphatic rings. The van der Waals surface area contributed by atoms with E-state index in [1.54, 1.807) is 44.7 Å². The maximum atomic E-state index is 10.9. The summed E-state index contributed by atoms with van der Waals surface area (Å²) in [7, 11) is 3.13. The molecule has 3 aromatic rings. The van der Waals surface area contributed by atoms with E-state index in [1.165, 1.54) is 12.1 Å². The van der Waals surface area contributed by atoms with E-state index in [4.69, 9.17) is 19.3 Å².